The molecule has 0 aliphatic heterocycles. The number of nitrogens with two attached hydrogens (primary N) is 1. The lowest BCUT2D eigenvalue weighted by molar-refractivity contribution is -0.125. The van der Waals surface area contributed by atoms with Crippen LogP contribution in [-0.4, -0.2) is 23.9 Å². The molecule has 4 N–H and O–H groups in total. The van der Waals surface area contributed by atoms with Crippen LogP contribution in [0.4, 0.5) is 5.69 Å². The van der Waals surface area contributed by atoms with E-state index in [2.05, 4.69) is 10.6 Å². The highest BCUT2D eigenvalue weighted by atomic mass is 16.2. The molecule has 0 aliphatic carbocycles. The Bertz CT molecular complexity index is 458. The molecule has 0 saturated carbocycles. The normalized spacial score (nSPS) is 12.0. The van der Waals surface area contributed by atoms with Crippen LogP contribution >= 0.6 is 0 Å². The minimum Gasteiger partial charge on any atom is -0.373 e. The first-order valence-electron chi connectivity index (χ1n) is 6.31. The van der Waals surface area contributed by atoms with Gasteiger partial charge in [-0.2, -0.15) is 0 Å². The predicted octanol–water partition coefficient (Wildman–Crippen LogP) is 1.18. The van der Waals surface area contributed by atoms with Crippen molar-refractivity contribution in [3.05, 3.63) is 29.8 Å². The Hall–Kier alpha value is -2.04. The molecule has 104 valence electrons. The van der Waals surface area contributed by atoms with Crippen molar-refractivity contribution in [2.45, 2.75) is 39.3 Å². The Morgan fingerprint density at radius 1 is 1.26 bits per heavy atom. The summed E-state index contributed by atoms with van der Waals surface area (Å²) in [6.45, 7) is 5.66. The van der Waals surface area contributed by atoms with Gasteiger partial charge in [-0.25, -0.2) is 0 Å². The van der Waals surface area contributed by atoms with Crippen molar-refractivity contribution in [3.8, 4) is 0 Å². The average Bonchev–Trinajstić information content (AvgIpc) is 2.29. The van der Waals surface area contributed by atoms with Crippen LogP contribution in [0.2, 0.25) is 0 Å². The van der Waals surface area contributed by atoms with Crippen LogP contribution in [0.25, 0.3) is 0 Å². The first kappa shape index (κ1) is 15.0. The van der Waals surface area contributed by atoms with Crippen LogP contribution in [0.15, 0.2) is 24.3 Å². The van der Waals surface area contributed by atoms with Gasteiger partial charge in [0.05, 0.1) is 6.42 Å². The van der Waals surface area contributed by atoms with Crippen molar-refractivity contribution in [1.29, 1.82) is 0 Å². The van der Waals surface area contributed by atoms with Crippen molar-refractivity contribution in [3.63, 3.8) is 0 Å². The molecule has 1 unspecified atom stereocenters. The quantitative estimate of drug-likeness (QED) is 0.720. The van der Waals surface area contributed by atoms with Crippen molar-refractivity contribution in [2.75, 3.05) is 5.32 Å². The van der Waals surface area contributed by atoms with E-state index in [9.17, 15) is 9.59 Å². The summed E-state index contributed by atoms with van der Waals surface area (Å²) in [5.74, 6) is -0.734. The second-order valence-electron chi connectivity index (χ2n) is 4.84. The Kier molecular flexibility index (Phi) is 5.36. The summed E-state index contributed by atoms with van der Waals surface area (Å²) in [6, 6.07) is 6.88. The molecule has 0 heterocycles. The molecular formula is C14H21N3O2. The molecule has 0 radical (unpaired) electrons. The largest absolute Gasteiger partial charge is 0.373 e. The van der Waals surface area contributed by atoms with Gasteiger partial charge in [0.15, 0.2) is 0 Å². The molecule has 5 heteroatoms. The lowest BCUT2D eigenvalue weighted by Gasteiger charge is -2.18. The molecule has 0 aromatic heterocycles. The third-order valence-electron chi connectivity index (χ3n) is 2.66. The van der Waals surface area contributed by atoms with Gasteiger partial charge in [-0.1, -0.05) is 18.2 Å². The smallest absolute Gasteiger partial charge is 0.240 e. The van der Waals surface area contributed by atoms with Crippen molar-refractivity contribution >= 4 is 17.5 Å². The van der Waals surface area contributed by atoms with Gasteiger partial charge >= 0.3 is 0 Å². The van der Waals surface area contributed by atoms with E-state index >= 15 is 0 Å². The minimum atomic E-state index is -0.708. The molecule has 0 aliphatic rings. The number of amides is 2. The van der Waals surface area contributed by atoms with E-state index in [0.717, 1.165) is 11.3 Å². The number of anilines is 1. The van der Waals surface area contributed by atoms with Crippen LogP contribution in [-0.2, 0) is 9.59 Å². The van der Waals surface area contributed by atoms with Gasteiger partial charge < -0.3 is 16.4 Å². The second kappa shape index (κ2) is 6.78. The zero-order valence-corrected chi connectivity index (χ0v) is 11.6. The maximum atomic E-state index is 11.7. The number of hydrogen-bond acceptors (Lipinski definition) is 3. The van der Waals surface area contributed by atoms with Crippen LogP contribution in [0.1, 0.15) is 25.8 Å². The lowest BCUT2D eigenvalue weighted by Crippen LogP contribution is -2.41. The standard InChI is InChI=1S/C14H21N3O2/c1-9(2)16-13(18)8-12(14(15)19)17-11-7-5-4-6-10(11)3/h4-7,9,12,17H,8H2,1-3H3,(H2,15,19)(H,16,18). The first-order valence-corrected chi connectivity index (χ1v) is 6.31. The highest BCUT2D eigenvalue weighted by Crippen LogP contribution is 2.15. The fourth-order valence-corrected chi connectivity index (χ4v) is 1.71. The lowest BCUT2D eigenvalue weighted by atomic mass is 10.1. The Morgan fingerprint density at radius 2 is 1.89 bits per heavy atom. The van der Waals surface area contributed by atoms with Crippen molar-refractivity contribution in [2.24, 2.45) is 5.73 Å². The zero-order valence-electron chi connectivity index (χ0n) is 11.6. The summed E-state index contributed by atoms with van der Waals surface area (Å²) in [6.07, 6.45) is 0.0296. The van der Waals surface area contributed by atoms with Crippen LogP contribution in [0.5, 0.6) is 0 Å². The number of primary amides is 1. The Morgan fingerprint density at radius 3 is 2.42 bits per heavy atom. The molecule has 0 spiro atoms. The van der Waals surface area contributed by atoms with E-state index < -0.39 is 11.9 Å². The van der Waals surface area contributed by atoms with Gasteiger partial charge in [0.2, 0.25) is 11.8 Å². The number of nitrogens with one attached hydrogen (secondary N) is 2. The maximum absolute atomic E-state index is 11.7. The van der Waals surface area contributed by atoms with Gasteiger partial charge in [-0.15, -0.1) is 0 Å². The number of carbonyl (C=O) groups is 2. The van der Waals surface area contributed by atoms with E-state index in [1.54, 1.807) is 0 Å². The van der Waals surface area contributed by atoms with E-state index in [1.165, 1.54) is 0 Å². The van der Waals surface area contributed by atoms with Gasteiger partial charge in [0.1, 0.15) is 6.04 Å². The summed E-state index contributed by atoms with van der Waals surface area (Å²) in [5.41, 5.74) is 7.14. The van der Waals surface area contributed by atoms with Crippen LogP contribution in [0, 0.1) is 6.92 Å². The molecule has 19 heavy (non-hydrogen) atoms. The highest BCUT2D eigenvalue weighted by molar-refractivity contribution is 5.89. The molecule has 2 amide bonds. The predicted molar refractivity (Wildman–Crippen MR) is 75.7 cm³/mol. The molecule has 1 aromatic carbocycles. The second-order valence-corrected chi connectivity index (χ2v) is 4.84. The number of benzene rings is 1. The number of aryl methyl sites for hydroxylation is 1. The Balaban J connectivity index is 2.71. The van der Waals surface area contributed by atoms with E-state index in [0.29, 0.717) is 0 Å². The van der Waals surface area contributed by atoms with E-state index in [4.69, 9.17) is 5.73 Å². The van der Waals surface area contributed by atoms with Gasteiger partial charge in [0.25, 0.3) is 0 Å². The van der Waals surface area contributed by atoms with E-state index in [1.807, 2.05) is 45.0 Å². The maximum Gasteiger partial charge on any atom is 0.240 e. The Labute approximate surface area is 113 Å². The van der Waals surface area contributed by atoms with Crippen molar-refractivity contribution < 1.29 is 9.59 Å². The topological polar surface area (TPSA) is 84.2 Å². The number of hydrogen-bond donors (Lipinski definition) is 3. The zero-order chi connectivity index (χ0) is 14.4. The summed E-state index contributed by atoms with van der Waals surface area (Å²) in [4.78, 5) is 23.1. The third-order valence-corrected chi connectivity index (χ3v) is 2.66. The van der Waals surface area contributed by atoms with E-state index in [-0.39, 0.29) is 18.4 Å². The highest BCUT2D eigenvalue weighted by Gasteiger charge is 2.20. The third kappa shape index (κ3) is 4.99. The molecule has 0 saturated heterocycles. The molecule has 0 bridgehead atoms. The van der Waals surface area contributed by atoms with Gasteiger partial charge in [-0.05, 0) is 32.4 Å². The fourth-order valence-electron chi connectivity index (χ4n) is 1.71. The number of para-hydroxylation sites is 1. The average molecular weight is 263 g/mol. The number of carbonyl (C=O) groups excluding carboxylic acids is 2. The minimum absolute atomic E-state index is 0.0296. The molecule has 5 nitrogen and oxygen atoms in total. The van der Waals surface area contributed by atoms with Crippen LogP contribution in [0.3, 0.4) is 0 Å². The molecular weight excluding hydrogens is 242 g/mol. The molecule has 1 aromatic rings. The molecule has 1 atom stereocenters. The summed E-state index contributed by atoms with van der Waals surface area (Å²) < 4.78 is 0. The molecule has 1 rings (SSSR count). The summed E-state index contributed by atoms with van der Waals surface area (Å²) in [7, 11) is 0. The van der Waals surface area contributed by atoms with Gasteiger partial charge in [0, 0.05) is 11.7 Å². The fraction of sp³-hybridized carbons (Fsp3) is 0.429. The number of rotatable bonds is 6. The summed E-state index contributed by atoms with van der Waals surface area (Å²) in [5, 5.41) is 5.76. The molecule has 0 fully saturated rings. The van der Waals surface area contributed by atoms with Crippen LogP contribution < -0.4 is 16.4 Å². The first-order chi connectivity index (χ1) is 8.90. The summed E-state index contributed by atoms with van der Waals surface area (Å²) >= 11 is 0. The monoisotopic (exact) mass is 263 g/mol. The van der Waals surface area contributed by atoms with Crippen molar-refractivity contribution in [1.82, 2.24) is 5.32 Å². The SMILES string of the molecule is Cc1ccccc1NC(CC(=O)NC(C)C)C(N)=O. The van der Waals surface area contributed by atoms with Gasteiger partial charge in [-0.3, -0.25) is 9.59 Å².